The first-order valence-corrected chi connectivity index (χ1v) is 8.35. The van der Waals surface area contributed by atoms with E-state index in [0.717, 1.165) is 30.0 Å². The summed E-state index contributed by atoms with van der Waals surface area (Å²) in [6, 6.07) is 10.1. The summed E-state index contributed by atoms with van der Waals surface area (Å²) in [6.45, 7) is 8.05. The van der Waals surface area contributed by atoms with Gasteiger partial charge in [-0.3, -0.25) is 19.6 Å². The van der Waals surface area contributed by atoms with E-state index in [4.69, 9.17) is 0 Å². The van der Waals surface area contributed by atoms with Crippen LogP contribution in [0.2, 0.25) is 0 Å². The Balaban J connectivity index is 2.01. The molecule has 0 spiro atoms. The maximum atomic E-state index is 12.3. The Labute approximate surface area is 142 Å². The highest BCUT2D eigenvalue weighted by atomic mass is 16.2. The number of hydrazine groups is 1. The molecule has 1 aliphatic heterocycles. The topological polar surface area (TPSA) is 43.9 Å². The summed E-state index contributed by atoms with van der Waals surface area (Å²) in [6.07, 6.45) is 0. The molecule has 3 rings (SSSR count). The largest absolute Gasteiger partial charge is 0.368 e. The van der Waals surface area contributed by atoms with Gasteiger partial charge in [-0.15, -0.1) is 0 Å². The van der Waals surface area contributed by atoms with Crippen molar-refractivity contribution in [3.63, 3.8) is 0 Å². The van der Waals surface area contributed by atoms with Gasteiger partial charge in [0.2, 0.25) is 10.9 Å². The monoisotopic (exact) mass is 325 g/mol. The quantitative estimate of drug-likeness (QED) is 0.789. The first-order chi connectivity index (χ1) is 11.5. The van der Waals surface area contributed by atoms with Gasteiger partial charge in [-0.05, 0) is 32.9 Å². The van der Waals surface area contributed by atoms with E-state index in [9.17, 15) is 9.59 Å². The van der Waals surface area contributed by atoms with Crippen molar-refractivity contribution in [2.75, 3.05) is 36.6 Å². The second-order valence-electron chi connectivity index (χ2n) is 6.03. The van der Waals surface area contributed by atoms with Crippen molar-refractivity contribution >= 4 is 16.9 Å². The van der Waals surface area contributed by atoms with Crippen molar-refractivity contribution in [2.24, 2.45) is 0 Å². The third-order valence-electron chi connectivity index (χ3n) is 4.91. The molecule has 126 valence electrons. The van der Waals surface area contributed by atoms with Gasteiger partial charge in [0, 0.05) is 31.4 Å². The van der Waals surface area contributed by atoms with Crippen LogP contribution in [0.25, 0.3) is 5.57 Å². The normalized spacial score (nSPS) is 14.8. The SMILES string of the molecule is CCN(CC)c1c(C2=C(C)N(C)N(c3ccccc3)C2)c(=O)c1=O. The number of rotatable bonds is 5. The van der Waals surface area contributed by atoms with Gasteiger partial charge in [0.05, 0.1) is 17.8 Å². The number of nitrogens with zero attached hydrogens (tertiary/aromatic N) is 3. The van der Waals surface area contributed by atoms with E-state index in [1.807, 2.05) is 68.1 Å². The highest BCUT2D eigenvalue weighted by Crippen LogP contribution is 2.35. The zero-order valence-electron chi connectivity index (χ0n) is 14.7. The summed E-state index contributed by atoms with van der Waals surface area (Å²) in [4.78, 5) is 26.4. The lowest BCUT2D eigenvalue weighted by Gasteiger charge is -2.29. The molecule has 5 heteroatoms. The lowest BCUT2D eigenvalue weighted by molar-refractivity contribution is 0.422. The van der Waals surface area contributed by atoms with Crippen LogP contribution in [0.15, 0.2) is 45.6 Å². The average Bonchev–Trinajstić information content (AvgIpc) is 2.90. The standard InChI is InChI=1S/C19H23N3O2/c1-5-21(6-2)17-16(18(23)19(17)24)15-12-22(20(4)13(15)3)14-10-8-7-9-11-14/h7-11H,5-6,12H2,1-4H3. The molecule has 0 atom stereocenters. The lowest BCUT2D eigenvalue weighted by atomic mass is 9.96. The van der Waals surface area contributed by atoms with Crippen molar-refractivity contribution in [1.29, 1.82) is 0 Å². The summed E-state index contributed by atoms with van der Waals surface area (Å²) in [7, 11) is 1.98. The molecule has 0 amide bonds. The van der Waals surface area contributed by atoms with Gasteiger partial charge < -0.3 is 4.90 Å². The summed E-state index contributed by atoms with van der Waals surface area (Å²) in [5.74, 6) is 0. The van der Waals surface area contributed by atoms with Gasteiger partial charge in [-0.1, -0.05) is 18.2 Å². The van der Waals surface area contributed by atoms with Gasteiger partial charge in [0.1, 0.15) is 5.69 Å². The number of para-hydroxylation sites is 1. The number of benzene rings is 1. The summed E-state index contributed by atoms with van der Waals surface area (Å²) >= 11 is 0. The molecule has 0 unspecified atom stereocenters. The zero-order chi connectivity index (χ0) is 17.4. The molecule has 0 aromatic heterocycles. The number of allylic oxidation sites excluding steroid dienone is 1. The van der Waals surface area contributed by atoms with E-state index >= 15 is 0 Å². The number of hydrogen-bond donors (Lipinski definition) is 0. The first-order valence-electron chi connectivity index (χ1n) is 8.35. The highest BCUT2D eigenvalue weighted by molar-refractivity contribution is 5.85. The van der Waals surface area contributed by atoms with Crippen molar-refractivity contribution < 1.29 is 0 Å². The van der Waals surface area contributed by atoms with E-state index in [1.54, 1.807) is 0 Å². The Morgan fingerprint density at radius 1 is 1.04 bits per heavy atom. The minimum Gasteiger partial charge on any atom is -0.368 e. The molecule has 0 N–H and O–H groups in total. The molecule has 2 aromatic carbocycles. The van der Waals surface area contributed by atoms with E-state index in [-0.39, 0.29) is 10.9 Å². The minimum atomic E-state index is -0.352. The zero-order valence-corrected chi connectivity index (χ0v) is 14.7. The van der Waals surface area contributed by atoms with Crippen LogP contribution in [0.5, 0.6) is 0 Å². The van der Waals surface area contributed by atoms with E-state index in [0.29, 0.717) is 17.8 Å². The van der Waals surface area contributed by atoms with Crippen LogP contribution in [0.1, 0.15) is 26.3 Å². The lowest BCUT2D eigenvalue weighted by Crippen LogP contribution is -2.44. The van der Waals surface area contributed by atoms with Crippen molar-refractivity contribution in [2.45, 2.75) is 20.8 Å². The van der Waals surface area contributed by atoms with Crippen molar-refractivity contribution in [1.82, 2.24) is 5.01 Å². The van der Waals surface area contributed by atoms with Crippen LogP contribution in [0, 0.1) is 0 Å². The fraction of sp³-hybridized carbons (Fsp3) is 0.368. The maximum Gasteiger partial charge on any atom is 0.250 e. The van der Waals surface area contributed by atoms with Crippen molar-refractivity contribution in [3.05, 3.63) is 62.0 Å². The molecule has 1 aliphatic rings. The van der Waals surface area contributed by atoms with Crippen LogP contribution in [-0.2, 0) is 0 Å². The fourth-order valence-corrected chi connectivity index (χ4v) is 3.37. The molecule has 24 heavy (non-hydrogen) atoms. The third-order valence-corrected chi connectivity index (χ3v) is 4.91. The van der Waals surface area contributed by atoms with Crippen LogP contribution in [0.4, 0.5) is 11.4 Å². The Morgan fingerprint density at radius 3 is 2.25 bits per heavy atom. The molecule has 0 bridgehead atoms. The van der Waals surface area contributed by atoms with Gasteiger partial charge in [-0.2, -0.15) is 0 Å². The Morgan fingerprint density at radius 2 is 1.67 bits per heavy atom. The van der Waals surface area contributed by atoms with Gasteiger partial charge >= 0.3 is 0 Å². The molecular formula is C19H23N3O2. The van der Waals surface area contributed by atoms with E-state index in [2.05, 4.69) is 5.01 Å². The minimum absolute atomic E-state index is 0.352. The molecule has 1 heterocycles. The number of hydrogen-bond acceptors (Lipinski definition) is 5. The predicted octanol–water partition coefficient (Wildman–Crippen LogP) is 2.23. The molecule has 0 aliphatic carbocycles. The molecule has 0 saturated heterocycles. The van der Waals surface area contributed by atoms with E-state index < -0.39 is 0 Å². The van der Waals surface area contributed by atoms with Crippen LogP contribution >= 0.6 is 0 Å². The molecule has 2 aromatic rings. The highest BCUT2D eigenvalue weighted by Gasteiger charge is 2.34. The van der Waals surface area contributed by atoms with Crippen LogP contribution in [0.3, 0.4) is 0 Å². The molecule has 0 fully saturated rings. The predicted molar refractivity (Wildman–Crippen MR) is 99.1 cm³/mol. The van der Waals surface area contributed by atoms with Crippen LogP contribution < -0.4 is 20.8 Å². The van der Waals surface area contributed by atoms with Gasteiger partial charge in [0.15, 0.2) is 0 Å². The Hall–Kier alpha value is -2.56. The first kappa shape index (κ1) is 16.3. The Bertz CT molecular complexity index is 843. The summed E-state index contributed by atoms with van der Waals surface area (Å²) in [5.41, 5.74) is 3.52. The average molecular weight is 325 g/mol. The fourth-order valence-electron chi connectivity index (χ4n) is 3.37. The Kier molecular flexibility index (Phi) is 4.18. The van der Waals surface area contributed by atoms with Crippen LogP contribution in [-0.4, -0.2) is 31.7 Å². The summed E-state index contributed by atoms with van der Waals surface area (Å²) < 4.78 is 0. The van der Waals surface area contributed by atoms with E-state index in [1.165, 1.54) is 0 Å². The maximum absolute atomic E-state index is 12.3. The van der Waals surface area contributed by atoms with Gasteiger partial charge in [-0.25, -0.2) is 0 Å². The third kappa shape index (κ3) is 2.31. The number of anilines is 2. The smallest absolute Gasteiger partial charge is 0.250 e. The molecule has 0 radical (unpaired) electrons. The second-order valence-corrected chi connectivity index (χ2v) is 6.03. The van der Waals surface area contributed by atoms with Crippen molar-refractivity contribution in [3.8, 4) is 0 Å². The second kappa shape index (κ2) is 6.15. The molecule has 5 nitrogen and oxygen atoms in total. The molecule has 0 saturated carbocycles. The van der Waals surface area contributed by atoms with Gasteiger partial charge in [0.25, 0.3) is 0 Å². The summed E-state index contributed by atoms with van der Waals surface area (Å²) in [5, 5.41) is 4.17. The molecular weight excluding hydrogens is 302 g/mol.